The lowest BCUT2D eigenvalue weighted by Crippen LogP contribution is -2.21. The lowest BCUT2D eigenvalue weighted by atomic mass is 10.1. The van der Waals surface area contributed by atoms with Gasteiger partial charge in [0.05, 0.1) is 6.04 Å². The highest BCUT2D eigenvalue weighted by atomic mass is 32.1. The molecule has 1 atom stereocenters. The van der Waals surface area contributed by atoms with Crippen molar-refractivity contribution in [2.24, 2.45) is 5.92 Å². The molecular weight excluding hydrogens is 156 g/mol. The molecule has 0 spiro atoms. The van der Waals surface area contributed by atoms with Crippen LogP contribution in [0.25, 0.3) is 0 Å². The topological polar surface area (TPSA) is 24.9 Å². The lowest BCUT2D eigenvalue weighted by molar-refractivity contribution is 0.441. The number of hydrogen-bond donors (Lipinski definition) is 1. The molecule has 0 aromatic carbocycles. The van der Waals surface area contributed by atoms with Gasteiger partial charge in [-0.15, -0.1) is 11.3 Å². The summed E-state index contributed by atoms with van der Waals surface area (Å²) in [5.74, 6) is 0.603. The van der Waals surface area contributed by atoms with Gasteiger partial charge in [-0.1, -0.05) is 13.8 Å². The Morgan fingerprint density at radius 3 is 2.64 bits per heavy atom. The molecule has 0 saturated carbocycles. The summed E-state index contributed by atoms with van der Waals surface area (Å²) in [6.07, 6.45) is 1.85. The molecule has 2 nitrogen and oxygen atoms in total. The largest absolute Gasteiger partial charge is 0.311 e. The van der Waals surface area contributed by atoms with Crippen LogP contribution in [-0.2, 0) is 0 Å². The number of nitrogens with zero attached hydrogens (tertiary/aromatic N) is 1. The molecule has 0 amide bonds. The first-order valence-corrected chi connectivity index (χ1v) is 4.70. The Bertz CT molecular complexity index is 194. The minimum absolute atomic E-state index is 0.412. The summed E-state index contributed by atoms with van der Waals surface area (Å²) in [6, 6.07) is 0.412. The molecule has 1 rings (SSSR count). The molecular formula is C8H14N2S. The molecule has 0 aliphatic rings. The van der Waals surface area contributed by atoms with E-state index in [1.54, 1.807) is 11.3 Å². The fraction of sp³-hybridized carbons (Fsp3) is 0.625. The summed E-state index contributed by atoms with van der Waals surface area (Å²) in [5.41, 5.74) is 0. The summed E-state index contributed by atoms with van der Waals surface area (Å²) in [7, 11) is 1.98. The zero-order chi connectivity index (χ0) is 8.27. The van der Waals surface area contributed by atoms with E-state index < -0.39 is 0 Å². The smallest absolute Gasteiger partial charge is 0.110 e. The third-order valence-corrected chi connectivity index (χ3v) is 2.55. The molecule has 3 heteroatoms. The van der Waals surface area contributed by atoms with Gasteiger partial charge in [-0.3, -0.25) is 0 Å². The zero-order valence-electron chi connectivity index (χ0n) is 7.16. The summed E-state index contributed by atoms with van der Waals surface area (Å²) in [6.45, 7) is 4.39. The van der Waals surface area contributed by atoms with Gasteiger partial charge >= 0.3 is 0 Å². The normalized spacial score (nSPS) is 13.8. The van der Waals surface area contributed by atoms with Crippen LogP contribution in [0.15, 0.2) is 11.6 Å². The standard InChI is InChI=1S/C8H14N2S/c1-6(2)7(9-3)8-10-4-5-11-8/h4-7,9H,1-3H3. The lowest BCUT2D eigenvalue weighted by Gasteiger charge is -2.16. The molecule has 1 heterocycles. The first kappa shape index (κ1) is 8.68. The Kier molecular flexibility index (Phi) is 3.02. The predicted molar refractivity (Wildman–Crippen MR) is 48.8 cm³/mol. The van der Waals surface area contributed by atoms with Crippen LogP contribution < -0.4 is 5.32 Å². The van der Waals surface area contributed by atoms with Gasteiger partial charge in [0.15, 0.2) is 0 Å². The van der Waals surface area contributed by atoms with Crippen molar-refractivity contribution in [3.8, 4) is 0 Å². The van der Waals surface area contributed by atoms with E-state index in [2.05, 4.69) is 24.1 Å². The van der Waals surface area contributed by atoms with E-state index >= 15 is 0 Å². The Morgan fingerprint density at radius 2 is 2.27 bits per heavy atom. The molecule has 1 aromatic rings. The van der Waals surface area contributed by atoms with E-state index in [9.17, 15) is 0 Å². The highest BCUT2D eigenvalue weighted by Crippen LogP contribution is 2.22. The van der Waals surface area contributed by atoms with Crippen molar-refractivity contribution in [1.82, 2.24) is 10.3 Å². The molecule has 0 bridgehead atoms. The maximum Gasteiger partial charge on any atom is 0.110 e. The van der Waals surface area contributed by atoms with Crippen LogP contribution in [-0.4, -0.2) is 12.0 Å². The van der Waals surface area contributed by atoms with Crippen LogP contribution in [0.1, 0.15) is 24.9 Å². The first-order chi connectivity index (χ1) is 5.25. The Morgan fingerprint density at radius 1 is 1.55 bits per heavy atom. The molecule has 11 heavy (non-hydrogen) atoms. The van der Waals surface area contributed by atoms with E-state index in [0.717, 1.165) is 0 Å². The number of nitrogens with one attached hydrogen (secondary N) is 1. The van der Waals surface area contributed by atoms with Crippen LogP contribution in [0.5, 0.6) is 0 Å². The average molecular weight is 170 g/mol. The second-order valence-corrected chi connectivity index (χ2v) is 3.81. The average Bonchev–Trinajstić information content (AvgIpc) is 2.40. The van der Waals surface area contributed by atoms with E-state index in [1.165, 1.54) is 5.01 Å². The van der Waals surface area contributed by atoms with Crippen molar-refractivity contribution in [3.05, 3.63) is 16.6 Å². The molecule has 62 valence electrons. The van der Waals surface area contributed by atoms with Crippen LogP contribution in [0.4, 0.5) is 0 Å². The molecule has 0 aliphatic carbocycles. The summed E-state index contributed by atoms with van der Waals surface area (Å²) >= 11 is 1.71. The van der Waals surface area contributed by atoms with Gasteiger partial charge in [-0.25, -0.2) is 4.98 Å². The van der Waals surface area contributed by atoms with Gasteiger partial charge in [0.1, 0.15) is 5.01 Å². The number of thiazole rings is 1. The van der Waals surface area contributed by atoms with Crippen LogP contribution >= 0.6 is 11.3 Å². The van der Waals surface area contributed by atoms with Crippen molar-refractivity contribution in [2.75, 3.05) is 7.05 Å². The highest BCUT2D eigenvalue weighted by molar-refractivity contribution is 7.09. The van der Waals surface area contributed by atoms with Crippen molar-refractivity contribution in [3.63, 3.8) is 0 Å². The van der Waals surface area contributed by atoms with Gasteiger partial charge in [0, 0.05) is 11.6 Å². The van der Waals surface area contributed by atoms with Crippen LogP contribution in [0.2, 0.25) is 0 Å². The molecule has 0 fully saturated rings. The van der Waals surface area contributed by atoms with E-state index in [1.807, 2.05) is 18.6 Å². The maximum absolute atomic E-state index is 4.26. The Hall–Kier alpha value is -0.410. The first-order valence-electron chi connectivity index (χ1n) is 3.82. The molecule has 0 saturated heterocycles. The SMILES string of the molecule is CNC(c1nccs1)C(C)C. The van der Waals surface area contributed by atoms with Gasteiger partial charge in [0.2, 0.25) is 0 Å². The van der Waals surface area contributed by atoms with Crippen molar-refractivity contribution in [1.29, 1.82) is 0 Å². The fourth-order valence-electron chi connectivity index (χ4n) is 1.13. The number of rotatable bonds is 3. The van der Waals surface area contributed by atoms with Gasteiger partial charge in [0.25, 0.3) is 0 Å². The second-order valence-electron chi connectivity index (χ2n) is 2.88. The van der Waals surface area contributed by atoms with E-state index in [-0.39, 0.29) is 0 Å². The summed E-state index contributed by atoms with van der Waals surface area (Å²) in [5, 5.41) is 6.45. The van der Waals surface area contributed by atoms with E-state index in [0.29, 0.717) is 12.0 Å². The third-order valence-electron chi connectivity index (χ3n) is 1.70. The maximum atomic E-state index is 4.26. The Balaban J connectivity index is 2.71. The molecule has 0 radical (unpaired) electrons. The summed E-state index contributed by atoms with van der Waals surface area (Å²) in [4.78, 5) is 4.26. The molecule has 1 aromatic heterocycles. The number of hydrogen-bond acceptors (Lipinski definition) is 3. The van der Waals surface area contributed by atoms with Crippen LogP contribution in [0.3, 0.4) is 0 Å². The number of aromatic nitrogens is 1. The van der Waals surface area contributed by atoms with Crippen molar-refractivity contribution in [2.45, 2.75) is 19.9 Å². The van der Waals surface area contributed by atoms with E-state index in [4.69, 9.17) is 0 Å². The van der Waals surface area contributed by atoms with Crippen molar-refractivity contribution >= 4 is 11.3 Å². The Labute approximate surface area is 71.7 Å². The van der Waals surface area contributed by atoms with Gasteiger partial charge < -0.3 is 5.32 Å². The molecule has 1 N–H and O–H groups in total. The third kappa shape index (κ3) is 2.01. The van der Waals surface area contributed by atoms with Crippen molar-refractivity contribution < 1.29 is 0 Å². The molecule has 0 aliphatic heterocycles. The fourth-order valence-corrected chi connectivity index (χ4v) is 2.05. The predicted octanol–water partition coefficient (Wildman–Crippen LogP) is 2.06. The van der Waals surface area contributed by atoms with Crippen LogP contribution in [0, 0.1) is 5.92 Å². The minimum Gasteiger partial charge on any atom is -0.311 e. The zero-order valence-corrected chi connectivity index (χ0v) is 7.98. The summed E-state index contributed by atoms with van der Waals surface area (Å²) < 4.78 is 0. The molecule has 1 unspecified atom stereocenters. The van der Waals surface area contributed by atoms with Gasteiger partial charge in [-0.2, -0.15) is 0 Å². The quantitative estimate of drug-likeness (QED) is 0.751. The minimum atomic E-state index is 0.412. The highest BCUT2D eigenvalue weighted by Gasteiger charge is 2.14. The monoisotopic (exact) mass is 170 g/mol. The van der Waals surface area contributed by atoms with Gasteiger partial charge in [-0.05, 0) is 13.0 Å². The second kappa shape index (κ2) is 3.83.